The lowest BCUT2D eigenvalue weighted by Gasteiger charge is -2.30. The van der Waals surface area contributed by atoms with Crippen LogP contribution in [0.4, 0.5) is 0 Å². The third kappa shape index (κ3) is 17.7. The fourth-order valence-corrected chi connectivity index (χ4v) is 7.16. The van der Waals surface area contributed by atoms with Crippen LogP contribution in [-0.4, -0.2) is 60.7 Å². The van der Waals surface area contributed by atoms with Crippen LogP contribution in [0.2, 0.25) is 0 Å². The van der Waals surface area contributed by atoms with E-state index in [1.165, 1.54) is 82.4 Å². The number of hydrogen-bond donors (Lipinski definition) is 2. The summed E-state index contributed by atoms with van der Waals surface area (Å²) in [5, 5.41) is 15.1. The molecule has 304 valence electrons. The van der Waals surface area contributed by atoms with Gasteiger partial charge in [0.15, 0.2) is 0 Å². The monoisotopic (exact) mass is 769 g/mol. The molecule has 1 unspecified atom stereocenters. The van der Waals surface area contributed by atoms with Gasteiger partial charge in [-0.1, -0.05) is 136 Å². The molecule has 10 heteroatoms. The van der Waals surface area contributed by atoms with Crippen LogP contribution in [0, 0.1) is 10.8 Å². The SMILES string of the molecule is CCCCCCCCCCCCCCCC(=O)NC1CCC(C(=O)NCC(C)(C)COCC(C)(C)COc2ccc(-c3nnc(SC)o3)cc2)=C(CC)C1. The van der Waals surface area contributed by atoms with E-state index in [-0.39, 0.29) is 28.7 Å². The molecule has 2 aromatic rings. The first-order chi connectivity index (χ1) is 25.9. The minimum atomic E-state index is -0.237. The van der Waals surface area contributed by atoms with E-state index in [0.717, 1.165) is 54.6 Å². The second-order valence-corrected chi connectivity index (χ2v) is 17.6. The lowest BCUT2D eigenvalue weighted by molar-refractivity contribution is -0.122. The van der Waals surface area contributed by atoms with Crippen LogP contribution >= 0.6 is 11.8 Å². The number of benzene rings is 1. The molecule has 2 amide bonds. The van der Waals surface area contributed by atoms with Crippen LogP contribution in [0.5, 0.6) is 5.75 Å². The summed E-state index contributed by atoms with van der Waals surface area (Å²) in [5.74, 6) is 1.43. The van der Waals surface area contributed by atoms with Crippen molar-refractivity contribution in [2.75, 3.05) is 32.6 Å². The largest absolute Gasteiger partial charge is 0.493 e. The van der Waals surface area contributed by atoms with Crippen molar-refractivity contribution >= 4 is 23.6 Å². The molecule has 9 nitrogen and oxygen atoms in total. The number of unbranched alkanes of at least 4 members (excludes halogenated alkanes) is 12. The molecule has 1 atom stereocenters. The van der Waals surface area contributed by atoms with Gasteiger partial charge in [-0.15, -0.1) is 10.2 Å². The maximum absolute atomic E-state index is 13.3. The smallest absolute Gasteiger partial charge is 0.276 e. The fraction of sp³-hybridized carbons (Fsp3) is 0.727. The minimum Gasteiger partial charge on any atom is -0.493 e. The number of amides is 2. The molecule has 0 saturated heterocycles. The van der Waals surface area contributed by atoms with Gasteiger partial charge in [-0.2, -0.15) is 0 Å². The number of ether oxygens (including phenoxy) is 2. The Hall–Kier alpha value is -2.85. The van der Waals surface area contributed by atoms with Crippen molar-refractivity contribution in [3.63, 3.8) is 0 Å². The van der Waals surface area contributed by atoms with Crippen molar-refractivity contribution in [2.24, 2.45) is 10.8 Å². The van der Waals surface area contributed by atoms with Crippen LogP contribution in [0.15, 0.2) is 45.1 Å². The first kappa shape index (κ1) is 45.5. The van der Waals surface area contributed by atoms with Gasteiger partial charge in [0, 0.05) is 41.0 Å². The maximum atomic E-state index is 13.3. The highest BCUT2D eigenvalue weighted by molar-refractivity contribution is 7.98. The Bertz CT molecular complexity index is 1400. The Morgan fingerprint density at radius 3 is 2.04 bits per heavy atom. The predicted molar refractivity (Wildman–Crippen MR) is 222 cm³/mol. The topological polar surface area (TPSA) is 116 Å². The average molecular weight is 769 g/mol. The number of carbonyl (C=O) groups excluding carboxylic acids is 2. The summed E-state index contributed by atoms with van der Waals surface area (Å²) in [4.78, 5) is 26.1. The second-order valence-electron chi connectivity index (χ2n) is 16.8. The normalized spacial score (nSPS) is 15.1. The van der Waals surface area contributed by atoms with E-state index >= 15 is 0 Å². The number of carbonyl (C=O) groups is 2. The second kappa shape index (κ2) is 24.6. The third-order valence-corrected chi connectivity index (χ3v) is 10.8. The molecule has 54 heavy (non-hydrogen) atoms. The first-order valence-electron chi connectivity index (χ1n) is 20.9. The molecule has 1 aliphatic rings. The van der Waals surface area contributed by atoms with Crippen LogP contribution in [-0.2, 0) is 14.3 Å². The maximum Gasteiger partial charge on any atom is 0.276 e. The van der Waals surface area contributed by atoms with Gasteiger partial charge in [0.2, 0.25) is 17.7 Å². The van der Waals surface area contributed by atoms with E-state index in [1.807, 2.05) is 30.5 Å². The summed E-state index contributed by atoms with van der Waals surface area (Å²) in [6.07, 6.45) is 22.5. The summed E-state index contributed by atoms with van der Waals surface area (Å²) in [7, 11) is 0. The lowest BCUT2D eigenvalue weighted by Crippen LogP contribution is -2.41. The molecular formula is C44H72N4O5S. The molecule has 1 aromatic carbocycles. The number of rotatable bonds is 28. The van der Waals surface area contributed by atoms with E-state index in [4.69, 9.17) is 13.9 Å². The molecule has 0 spiro atoms. The van der Waals surface area contributed by atoms with Crippen LogP contribution in [0.3, 0.4) is 0 Å². The van der Waals surface area contributed by atoms with Gasteiger partial charge in [0.1, 0.15) is 5.75 Å². The van der Waals surface area contributed by atoms with E-state index in [9.17, 15) is 9.59 Å². The summed E-state index contributed by atoms with van der Waals surface area (Å²) in [6.45, 7) is 14.9. The molecule has 0 bridgehead atoms. The quantitative estimate of drug-likeness (QED) is 0.0649. The molecule has 0 fully saturated rings. The number of hydrogen-bond acceptors (Lipinski definition) is 8. The number of nitrogens with zero attached hydrogens (tertiary/aromatic N) is 2. The highest BCUT2D eigenvalue weighted by Crippen LogP contribution is 2.29. The summed E-state index contributed by atoms with van der Waals surface area (Å²) >= 11 is 1.42. The standard InChI is InChI=1S/C44H72N4O5S/c1-8-10-11-12-13-14-15-16-17-18-19-20-21-22-39(49)46-36-25-28-38(34(9-2)29-36)40(50)45-30-43(3,4)31-51-32-44(5,6)33-52-37-26-23-35(24-27-37)41-47-48-42(53-41)54-7/h23-24,26-27,36H,8-22,25,28-33H2,1-7H3,(H,45,50)(H,46,49). The Balaban J connectivity index is 1.28. The molecule has 1 aliphatic carbocycles. The lowest BCUT2D eigenvalue weighted by atomic mass is 9.86. The fourth-order valence-electron chi connectivity index (χ4n) is 6.88. The zero-order valence-electron chi connectivity index (χ0n) is 34.8. The Kier molecular flexibility index (Phi) is 20.8. The van der Waals surface area contributed by atoms with Gasteiger partial charge in [-0.25, -0.2) is 0 Å². The molecule has 3 rings (SSSR count). The molecule has 2 N–H and O–H groups in total. The average Bonchev–Trinajstić information content (AvgIpc) is 3.64. The van der Waals surface area contributed by atoms with Crippen molar-refractivity contribution < 1.29 is 23.5 Å². The zero-order chi connectivity index (χ0) is 39.2. The Morgan fingerprint density at radius 1 is 0.833 bits per heavy atom. The van der Waals surface area contributed by atoms with E-state index in [1.54, 1.807) is 0 Å². The van der Waals surface area contributed by atoms with Crippen molar-refractivity contribution in [1.82, 2.24) is 20.8 Å². The van der Waals surface area contributed by atoms with Crippen LogP contribution < -0.4 is 15.4 Å². The summed E-state index contributed by atoms with van der Waals surface area (Å²) in [5.41, 5.74) is 2.46. The first-order valence-corrected chi connectivity index (χ1v) is 22.1. The van der Waals surface area contributed by atoms with Gasteiger partial charge >= 0.3 is 0 Å². The highest BCUT2D eigenvalue weighted by Gasteiger charge is 2.28. The molecule has 0 radical (unpaired) electrons. The summed E-state index contributed by atoms with van der Waals surface area (Å²) in [6, 6.07) is 7.76. The molecule has 0 aliphatic heterocycles. The van der Waals surface area contributed by atoms with E-state index < -0.39 is 0 Å². The van der Waals surface area contributed by atoms with Crippen molar-refractivity contribution in [2.45, 2.75) is 168 Å². The van der Waals surface area contributed by atoms with Crippen LogP contribution in [0.1, 0.15) is 157 Å². The third-order valence-electron chi connectivity index (χ3n) is 10.3. The van der Waals surface area contributed by atoms with Gasteiger partial charge in [0.05, 0.1) is 19.8 Å². The van der Waals surface area contributed by atoms with Crippen LogP contribution in [0.25, 0.3) is 11.5 Å². The Morgan fingerprint density at radius 2 is 1.44 bits per heavy atom. The van der Waals surface area contributed by atoms with E-state index in [2.05, 4.69) is 62.4 Å². The molecule has 1 heterocycles. The summed E-state index contributed by atoms with van der Waals surface area (Å²) < 4.78 is 17.9. The van der Waals surface area contributed by atoms with Crippen molar-refractivity contribution in [3.8, 4) is 17.2 Å². The van der Waals surface area contributed by atoms with Crippen molar-refractivity contribution in [1.29, 1.82) is 0 Å². The van der Waals surface area contributed by atoms with Gasteiger partial charge in [0.25, 0.3) is 5.22 Å². The number of thioether (sulfide) groups is 1. The van der Waals surface area contributed by atoms with Gasteiger partial charge in [-0.05, 0) is 62.6 Å². The molecule has 0 saturated carbocycles. The van der Waals surface area contributed by atoms with Gasteiger partial charge in [-0.3, -0.25) is 9.59 Å². The van der Waals surface area contributed by atoms with Gasteiger partial charge < -0.3 is 24.5 Å². The number of aromatic nitrogens is 2. The zero-order valence-corrected chi connectivity index (χ0v) is 35.6. The number of nitrogens with one attached hydrogen (secondary N) is 2. The molecule has 1 aromatic heterocycles. The predicted octanol–water partition coefficient (Wildman–Crippen LogP) is 10.9. The van der Waals surface area contributed by atoms with E-state index in [0.29, 0.717) is 50.3 Å². The molecular weight excluding hydrogens is 697 g/mol. The Labute approximate surface area is 331 Å². The highest BCUT2D eigenvalue weighted by atomic mass is 32.2. The van der Waals surface area contributed by atoms with Crippen molar-refractivity contribution in [3.05, 3.63) is 35.4 Å². The minimum absolute atomic E-state index is 0.0141.